The van der Waals surface area contributed by atoms with Crippen molar-refractivity contribution in [1.29, 1.82) is 0 Å². The first kappa shape index (κ1) is 14.9. The van der Waals surface area contributed by atoms with Crippen molar-refractivity contribution in [2.24, 2.45) is 0 Å². The largest absolute Gasteiger partial charge is 0.480 e. The van der Waals surface area contributed by atoms with Gasteiger partial charge in [0.05, 0.1) is 10.7 Å². The molecular weight excluding hydrogens is 292 g/mol. The normalized spacial score (nSPS) is 9.95. The minimum Gasteiger partial charge on any atom is -0.480 e. The number of hydrogen-bond donors (Lipinski definition) is 2. The van der Waals surface area contributed by atoms with Crippen LogP contribution in [0.2, 0.25) is 5.02 Å². The van der Waals surface area contributed by atoms with Crippen molar-refractivity contribution in [3.8, 4) is 0 Å². The lowest BCUT2D eigenvalue weighted by Crippen LogP contribution is -2.38. The number of amides is 2. The topological polar surface area (TPSA) is 69.6 Å². The number of benzene rings is 2. The molecule has 0 atom stereocenters. The molecular formula is C15H13ClN2O3. The van der Waals surface area contributed by atoms with E-state index in [1.807, 2.05) is 0 Å². The zero-order valence-electron chi connectivity index (χ0n) is 11.0. The Kier molecular flexibility index (Phi) is 4.79. The summed E-state index contributed by atoms with van der Waals surface area (Å²) in [7, 11) is 0. The molecule has 6 heteroatoms. The predicted molar refractivity (Wildman–Crippen MR) is 81.9 cm³/mol. The molecule has 0 aliphatic heterocycles. The molecule has 0 aliphatic carbocycles. The highest BCUT2D eigenvalue weighted by Gasteiger charge is 2.19. The van der Waals surface area contributed by atoms with Crippen molar-refractivity contribution >= 4 is 35.0 Å². The summed E-state index contributed by atoms with van der Waals surface area (Å²) < 4.78 is 0. The fourth-order valence-electron chi connectivity index (χ4n) is 1.77. The molecule has 0 aromatic heterocycles. The molecule has 0 saturated carbocycles. The van der Waals surface area contributed by atoms with E-state index in [0.29, 0.717) is 16.4 Å². The lowest BCUT2D eigenvalue weighted by molar-refractivity contribution is -0.135. The number of carbonyl (C=O) groups is 2. The molecule has 2 amide bonds. The minimum absolute atomic E-state index is 0.384. The zero-order chi connectivity index (χ0) is 15.2. The van der Waals surface area contributed by atoms with Crippen LogP contribution >= 0.6 is 11.6 Å². The number of urea groups is 1. The van der Waals surface area contributed by atoms with Gasteiger partial charge in [0.1, 0.15) is 6.54 Å². The Morgan fingerprint density at radius 2 is 1.67 bits per heavy atom. The highest BCUT2D eigenvalue weighted by atomic mass is 35.5. The standard InChI is InChI=1S/C15H13ClN2O3/c16-12-8-4-5-9-13(12)17-15(21)18(10-14(19)20)11-6-2-1-3-7-11/h1-9H,10H2,(H,17,21)(H,19,20). The number of para-hydroxylation sites is 2. The molecule has 21 heavy (non-hydrogen) atoms. The third-order valence-corrected chi connectivity index (χ3v) is 3.05. The molecule has 108 valence electrons. The SMILES string of the molecule is O=C(O)CN(C(=O)Nc1ccccc1Cl)c1ccccc1. The number of carbonyl (C=O) groups excluding carboxylic acids is 1. The van der Waals surface area contributed by atoms with Gasteiger partial charge in [0, 0.05) is 5.69 Å². The van der Waals surface area contributed by atoms with E-state index in [1.165, 1.54) is 0 Å². The first-order valence-electron chi connectivity index (χ1n) is 6.18. The maximum Gasteiger partial charge on any atom is 0.326 e. The van der Waals surface area contributed by atoms with Gasteiger partial charge >= 0.3 is 12.0 Å². The maximum atomic E-state index is 12.3. The van der Waals surface area contributed by atoms with Crippen molar-refractivity contribution in [2.75, 3.05) is 16.8 Å². The Hall–Kier alpha value is -2.53. The number of rotatable bonds is 4. The Morgan fingerprint density at radius 3 is 2.29 bits per heavy atom. The number of hydrogen-bond acceptors (Lipinski definition) is 2. The second-order valence-corrected chi connectivity index (χ2v) is 4.63. The maximum absolute atomic E-state index is 12.3. The molecule has 5 nitrogen and oxygen atoms in total. The van der Waals surface area contributed by atoms with Gasteiger partial charge in [-0.25, -0.2) is 4.79 Å². The van der Waals surface area contributed by atoms with E-state index in [-0.39, 0.29) is 0 Å². The van der Waals surface area contributed by atoms with Gasteiger partial charge in [-0.3, -0.25) is 9.69 Å². The number of nitrogens with zero attached hydrogens (tertiary/aromatic N) is 1. The minimum atomic E-state index is -1.10. The Bertz CT molecular complexity index is 646. The summed E-state index contributed by atoms with van der Waals surface area (Å²) in [5.74, 6) is -1.10. The summed E-state index contributed by atoms with van der Waals surface area (Å²) in [4.78, 5) is 24.4. The van der Waals surface area contributed by atoms with E-state index < -0.39 is 18.5 Å². The van der Waals surface area contributed by atoms with Gasteiger partial charge in [-0.2, -0.15) is 0 Å². The van der Waals surface area contributed by atoms with Gasteiger partial charge in [0.25, 0.3) is 0 Å². The third-order valence-electron chi connectivity index (χ3n) is 2.72. The van der Waals surface area contributed by atoms with E-state index >= 15 is 0 Å². The molecule has 0 radical (unpaired) electrons. The quantitative estimate of drug-likeness (QED) is 0.908. The molecule has 0 aliphatic rings. The number of nitrogens with one attached hydrogen (secondary N) is 1. The second-order valence-electron chi connectivity index (χ2n) is 4.23. The van der Waals surface area contributed by atoms with Crippen LogP contribution in [-0.2, 0) is 4.79 Å². The second kappa shape index (κ2) is 6.76. The number of halogens is 1. The molecule has 2 aromatic rings. The van der Waals surface area contributed by atoms with Crippen LogP contribution in [0, 0.1) is 0 Å². The van der Waals surface area contributed by atoms with Gasteiger partial charge in [0.15, 0.2) is 0 Å². The van der Waals surface area contributed by atoms with Crippen LogP contribution in [0.5, 0.6) is 0 Å². The highest BCUT2D eigenvalue weighted by molar-refractivity contribution is 6.33. The molecule has 0 spiro atoms. The van der Waals surface area contributed by atoms with Crippen LogP contribution in [0.4, 0.5) is 16.2 Å². The molecule has 0 heterocycles. The Labute approximate surface area is 126 Å². The van der Waals surface area contributed by atoms with Crippen LogP contribution in [0.3, 0.4) is 0 Å². The summed E-state index contributed by atoms with van der Waals surface area (Å²) in [6, 6.07) is 14.8. The van der Waals surface area contributed by atoms with Crippen molar-refractivity contribution in [3.63, 3.8) is 0 Å². The van der Waals surface area contributed by atoms with Crippen LogP contribution in [0.25, 0.3) is 0 Å². The van der Waals surface area contributed by atoms with E-state index in [9.17, 15) is 9.59 Å². The van der Waals surface area contributed by atoms with Gasteiger partial charge in [-0.05, 0) is 24.3 Å². The number of anilines is 2. The lowest BCUT2D eigenvalue weighted by atomic mass is 10.3. The average molecular weight is 305 g/mol. The van der Waals surface area contributed by atoms with Crippen molar-refractivity contribution in [3.05, 3.63) is 59.6 Å². The first-order chi connectivity index (χ1) is 10.1. The summed E-state index contributed by atoms with van der Waals surface area (Å²) in [6.45, 7) is -0.444. The summed E-state index contributed by atoms with van der Waals surface area (Å²) in [5.41, 5.74) is 0.917. The zero-order valence-corrected chi connectivity index (χ0v) is 11.7. The Morgan fingerprint density at radius 1 is 1.05 bits per heavy atom. The molecule has 0 bridgehead atoms. The third kappa shape index (κ3) is 3.97. The summed E-state index contributed by atoms with van der Waals surface area (Å²) in [6.07, 6.45) is 0. The van der Waals surface area contributed by atoms with E-state index in [4.69, 9.17) is 16.7 Å². The lowest BCUT2D eigenvalue weighted by Gasteiger charge is -2.21. The summed E-state index contributed by atoms with van der Waals surface area (Å²) in [5, 5.41) is 12.0. The first-order valence-corrected chi connectivity index (χ1v) is 6.55. The van der Waals surface area contributed by atoms with E-state index in [2.05, 4.69) is 5.32 Å². The van der Waals surface area contributed by atoms with Gasteiger partial charge in [0.2, 0.25) is 0 Å². The van der Waals surface area contributed by atoms with Crippen LogP contribution < -0.4 is 10.2 Å². The monoisotopic (exact) mass is 304 g/mol. The molecule has 0 saturated heterocycles. The average Bonchev–Trinajstić information content (AvgIpc) is 2.48. The predicted octanol–water partition coefficient (Wildman–Crippen LogP) is 3.46. The van der Waals surface area contributed by atoms with Crippen molar-refractivity contribution in [1.82, 2.24) is 0 Å². The number of carboxylic acid groups (broad SMARTS) is 1. The van der Waals surface area contributed by atoms with Crippen LogP contribution in [-0.4, -0.2) is 23.7 Å². The molecule has 0 unspecified atom stereocenters. The van der Waals surface area contributed by atoms with Crippen LogP contribution in [0.15, 0.2) is 54.6 Å². The molecule has 2 rings (SSSR count). The van der Waals surface area contributed by atoms with E-state index in [1.54, 1.807) is 54.6 Å². The van der Waals surface area contributed by atoms with Crippen molar-refractivity contribution in [2.45, 2.75) is 0 Å². The molecule has 0 fully saturated rings. The highest BCUT2D eigenvalue weighted by Crippen LogP contribution is 2.22. The molecule has 2 N–H and O–H groups in total. The van der Waals surface area contributed by atoms with Crippen LogP contribution in [0.1, 0.15) is 0 Å². The fourth-order valence-corrected chi connectivity index (χ4v) is 1.95. The number of carboxylic acids is 1. The fraction of sp³-hybridized carbons (Fsp3) is 0.0667. The van der Waals surface area contributed by atoms with Crippen molar-refractivity contribution < 1.29 is 14.7 Å². The van der Waals surface area contributed by atoms with Gasteiger partial charge < -0.3 is 10.4 Å². The summed E-state index contributed by atoms with van der Waals surface area (Å²) >= 11 is 5.98. The smallest absolute Gasteiger partial charge is 0.326 e. The molecule has 2 aromatic carbocycles. The Balaban J connectivity index is 2.23. The number of aliphatic carboxylic acids is 1. The van der Waals surface area contributed by atoms with Gasteiger partial charge in [-0.15, -0.1) is 0 Å². The van der Waals surface area contributed by atoms with E-state index in [0.717, 1.165) is 4.90 Å². The van der Waals surface area contributed by atoms with Gasteiger partial charge in [-0.1, -0.05) is 41.9 Å².